The van der Waals surface area contributed by atoms with E-state index in [1.807, 2.05) is 68.5 Å². The van der Waals surface area contributed by atoms with Crippen LogP contribution in [0.5, 0.6) is 11.5 Å². The lowest BCUT2D eigenvalue weighted by Crippen LogP contribution is -1.90. The Bertz CT molecular complexity index is 630. The number of phenols is 2. The Morgan fingerprint density at radius 1 is 0.810 bits per heavy atom. The molecule has 0 saturated heterocycles. The normalized spacial score (nSPS) is 11.8. The number of benzene rings is 2. The number of aromatic hydroxyl groups is 2. The molecule has 0 radical (unpaired) electrons. The molecule has 108 valence electrons. The molecule has 2 heteroatoms. The number of rotatable bonds is 4. The van der Waals surface area contributed by atoms with Crippen molar-refractivity contribution in [2.45, 2.75) is 19.8 Å². The Morgan fingerprint density at radius 2 is 1.33 bits per heavy atom. The Hall–Kier alpha value is -2.48. The van der Waals surface area contributed by atoms with Gasteiger partial charge in [-0.1, -0.05) is 68.5 Å². The number of hydrogen-bond acceptors (Lipinski definition) is 2. The molecule has 0 atom stereocenters. The van der Waals surface area contributed by atoms with Crippen molar-refractivity contribution in [1.82, 2.24) is 0 Å². The fourth-order valence-electron chi connectivity index (χ4n) is 2.23. The van der Waals surface area contributed by atoms with Crippen molar-refractivity contribution >= 4 is 12.2 Å². The van der Waals surface area contributed by atoms with Gasteiger partial charge in [0.25, 0.3) is 0 Å². The summed E-state index contributed by atoms with van der Waals surface area (Å²) in [4.78, 5) is 0. The molecule has 2 N–H and O–H groups in total. The second-order valence-corrected chi connectivity index (χ2v) is 5.26. The SMILES string of the molecule is CC(C)c1c(O)cc(/C=C/C=C/c2ccccc2)cc1O. The van der Waals surface area contributed by atoms with Crippen LogP contribution < -0.4 is 0 Å². The molecule has 2 nitrogen and oxygen atoms in total. The fourth-order valence-corrected chi connectivity index (χ4v) is 2.23. The summed E-state index contributed by atoms with van der Waals surface area (Å²) in [5, 5.41) is 19.9. The van der Waals surface area contributed by atoms with E-state index in [1.165, 1.54) is 0 Å². The van der Waals surface area contributed by atoms with Crippen molar-refractivity contribution in [3.8, 4) is 11.5 Å². The molecule has 21 heavy (non-hydrogen) atoms. The average molecular weight is 280 g/mol. The molecule has 0 amide bonds. The molecular weight excluding hydrogens is 260 g/mol. The van der Waals surface area contributed by atoms with Crippen LogP contribution in [-0.4, -0.2) is 10.2 Å². The summed E-state index contributed by atoms with van der Waals surface area (Å²) in [7, 11) is 0. The minimum Gasteiger partial charge on any atom is -0.507 e. The molecule has 0 bridgehead atoms. The van der Waals surface area contributed by atoms with Crippen LogP contribution in [0.1, 0.15) is 36.5 Å². The molecule has 0 aliphatic carbocycles. The van der Waals surface area contributed by atoms with Gasteiger partial charge in [0.1, 0.15) is 11.5 Å². The van der Waals surface area contributed by atoms with E-state index in [9.17, 15) is 10.2 Å². The zero-order valence-electron chi connectivity index (χ0n) is 12.3. The number of hydrogen-bond donors (Lipinski definition) is 2. The largest absolute Gasteiger partial charge is 0.507 e. The van der Waals surface area contributed by atoms with Crippen LogP contribution in [0.2, 0.25) is 0 Å². The molecule has 0 aliphatic heterocycles. The first-order chi connectivity index (χ1) is 10.1. The van der Waals surface area contributed by atoms with Gasteiger partial charge in [-0.25, -0.2) is 0 Å². The van der Waals surface area contributed by atoms with Gasteiger partial charge >= 0.3 is 0 Å². The molecule has 0 aliphatic rings. The lowest BCUT2D eigenvalue weighted by Gasteiger charge is -2.11. The van der Waals surface area contributed by atoms with E-state index in [2.05, 4.69) is 0 Å². The molecule has 2 aromatic rings. The summed E-state index contributed by atoms with van der Waals surface area (Å²) in [6, 6.07) is 13.4. The molecule has 0 heterocycles. The monoisotopic (exact) mass is 280 g/mol. The lowest BCUT2D eigenvalue weighted by molar-refractivity contribution is 0.433. The highest BCUT2D eigenvalue weighted by molar-refractivity contribution is 5.61. The van der Waals surface area contributed by atoms with Gasteiger partial charge in [-0.2, -0.15) is 0 Å². The average Bonchev–Trinajstić information content (AvgIpc) is 2.43. The number of phenolic OH excluding ortho intramolecular Hbond substituents is 2. The lowest BCUT2D eigenvalue weighted by atomic mass is 9.99. The highest BCUT2D eigenvalue weighted by atomic mass is 16.3. The van der Waals surface area contributed by atoms with Gasteiger partial charge in [0.15, 0.2) is 0 Å². The van der Waals surface area contributed by atoms with Crippen LogP contribution in [-0.2, 0) is 0 Å². The third-order valence-electron chi connectivity index (χ3n) is 3.22. The van der Waals surface area contributed by atoms with E-state index in [0.717, 1.165) is 11.1 Å². The molecular formula is C19H20O2. The summed E-state index contributed by atoms with van der Waals surface area (Å²) in [5.41, 5.74) is 2.49. The topological polar surface area (TPSA) is 40.5 Å². The Morgan fingerprint density at radius 3 is 1.86 bits per heavy atom. The van der Waals surface area contributed by atoms with Crippen LogP contribution in [0.3, 0.4) is 0 Å². The van der Waals surface area contributed by atoms with E-state index < -0.39 is 0 Å². The van der Waals surface area contributed by atoms with E-state index in [4.69, 9.17) is 0 Å². The Balaban J connectivity index is 2.13. The highest BCUT2D eigenvalue weighted by Gasteiger charge is 2.11. The van der Waals surface area contributed by atoms with Crippen LogP contribution in [0.25, 0.3) is 12.2 Å². The minimum atomic E-state index is 0.0843. The predicted octanol–water partition coefficient (Wildman–Crippen LogP) is 4.95. The zero-order chi connectivity index (χ0) is 15.2. The van der Waals surface area contributed by atoms with Crippen molar-refractivity contribution in [3.63, 3.8) is 0 Å². The van der Waals surface area contributed by atoms with Crippen LogP contribution >= 0.6 is 0 Å². The maximum atomic E-state index is 9.97. The van der Waals surface area contributed by atoms with Crippen LogP contribution in [0.15, 0.2) is 54.6 Å². The maximum absolute atomic E-state index is 9.97. The minimum absolute atomic E-state index is 0.0843. The molecule has 0 saturated carbocycles. The van der Waals surface area contributed by atoms with E-state index in [-0.39, 0.29) is 17.4 Å². The fraction of sp³-hybridized carbons (Fsp3) is 0.158. The quantitative estimate of drug-likeness (QED) is 0.778. The summed E-state index contributed by atoms with van der Waals surface area (Å²) in [6.45, 7) is 3.87. The van der Waals surface area contributed by atoms with Crippen molar-refractivity contribution < 1.29 is 10.2 Å². The highest BCUT2D eigenvalue weighted by Crippen LogP contribution is 2.35. The Labute approximate surface area is 125 Å². The van der Waals surface area contributed by atoms with E-state index >= 15 is 0 Å². The molecule has 2 rings (SSSR count). The number of allylic oxidation sites excluding steroid dienone is 2. The maximum Gasteiger partial charge on any atom is 0.123 e. The third-order valence-corrected chi connectivity index (χ3v) is 3.22. The van der Waals surface area contributed by atoms with Gasteiger partial charge < -0.3 is 10.2 Å². The molecule has 0 aromatic heterocycles. The third kappa shape index (κ3) is 3.99. The van der Waals surface area contributed by atoms with Gasteiger partial charge in [-0.05, 0) is 29.2 Å². The smallest absolute Gasteiger partial charge is 0.123 e. The second-order valence-electron chi connectivity index (χ2n) is 5.26. The predicted molar refractivity (Wildman–Crippen MR) is 88.4 cm³/mol. The molecule has 0 spiro atoms. The summed E-state index contributed by atoms with van der Waals surface area (Å²) in [6.07, 6.45) is 7.66. The van der Waals surface area contributed by atoms with Gasteiger partial charge in [0.2, 0.25) is 0 Å². The first-order valence-corrected chi connectivity index (χ1v) is 7.03. The molecule has 2 aromatic carbocycles. The summed E-state index contributed by atoms with van der Waals surface area (Å²) in [5.74, 6) is 0.356. The Kier molecular flexibility index (Phi) is 4.83. The van der Waals surface area contributed by atoms with Gasteiger partial charge in [0.05, 0.1) is 0 Å². The molecule has 0 fully saturated rings. The zero-order valence-corrected chi connectivity index (χ0v) is 12.3. The van der Waals surface area contributed by atoms with Gasteiger partial charge in [0, 0.05) is 5.56 Å². The van der Waals surface area contributed by atoms with E-state index in [0.29, 0.717) is 5.56 Å². The van der Waals surface area contributed by atoms with Crippen molar-refractivity contribution in [2.75, 3.05) is 0 Å². The summed E-state index contributed by atoms with van der Waals surface area (Å²) < 4.78 is 0. The van der Waals surface area contributed by atoms with Crippen LogP contribution in [0.4, 0.5) is 0 Å². The van der Waals surface area contributed by atoms with Gasteiger partial charge in [-0.15, -0.1) is 0 Å². The van der Waals surface area contributed by atoms with Gasteiger partial charge in [-0.3, -0.25) is 0 Å². The van der Waals surface area contributed by atoms with Crippen molar-refractivity contribution in [2.24, 2.45) is 0 Å². The van der Waals surface area contributed by atoms with Crippen molar-refractivity contribution in [3.05, 3.63) is 71.3 Å². The van der Waals surface area contributed by atoms with E-state index in [1.54, 1.807) is 12.1 Å². The van der Waals surface area contributed by atoms with Crippen molar-refractivity contribution in [1.29, 1.82) is 0 Å². The van der Waals surface area contributed by atoms with Crippen LogP contribution in [0, 0.1) is 0 Å². The summed E-state index contributed by atoms with van der Waals surface area (Å²) >= 11 is 0. The first kappa shape index (κ1) is 14.9. The first-order valence-electron chi connectivity index (χ1n) is 7.03. The standard InChI is InChI=1S/C19H20O2/c1-14(2)19-17(20)12-16(13-18(19)21)11-7-6-10-15-8-4-3-5-9-15/h3-14,20-21H,1-2H3/b10-6+,11-7+. The molecule has 0 unspecified atom stereocenters. The second kappa shape index (κ2) is 6.80.